The molecule has 0 aromatic carbocycles. The van der Waals surface area contributed by atoms with Crippen LogP contribution in [-0.4, -0.2) is 23.3 Å². The number of hydrogen-bond acceptors (Lipinski definition) is 4. The van der Waals surface area contributed by atoms with Gasteiger partial charge in [-0.3, -0.25) is 0 Å². The third kappa shape index (κ3) is 3.46. The first kappa shape index (κ1) is 13.4. The highest BCUT2D eigenvalue weighted by Gasteiger charge is 2.35. The van der Waals surface area contributed by atoms with Gasteiger partial charge in [0, 0.05) is 22.4 Å². The van der Waals surface area contributed by atoms with Gasteiger partial charge in [0.15, 0.2) is 0 Å². The van der Waals surface area contributed by atoms with Crippen molar-refractivity contribution in [2.75, 3.05) is 7.05 Å². The molecule has 0 spiro atoms. The van der Waals surface area contributed by atoms with Crippen molar-refractivity contribution in [1.29, 1.82) is 0 Å². The molecular weight excluding hydrogens is 248 g/mol. The summed E-state index contributed by atoms with van der Waals surface area (Å²) >= 11 is 3.75. The highest BCUT2D eigenvalue weighted by atomic mass is 32.2. The molecule has 96 valence electrons. The molecule has 17 heavy (non-hydrogen) atoms. The minimum absolute atomic E-state index is 0.483. The number of hydrogen-bond donors (Lipinski definition) is 1. The quantitative estimate of drug-likeness (QED) is 0.906. The van der Waals surface area contributed by atoms with Gasteiger partial charge in [0.2, 0.25) is 0 Å². The molecule has 1 aliphatic carbocycles. The molecule has 1 aromatic rings. The average Bonchev–Trinajstić information content (AvgIpc) is 2.63. The van der Waals surface area contributed by atoms with Crippen LogP contribution in [0.15, 0.2) is 9.72 Å². The fraction of sp³-hybridized carbons (Fsp3) is 0.769. The van der Waals surface area contributed by atoms with Gasteiger partial charge in [-0.25, -0.2) is 4.98 Å². The predicted octanol–water partition coefficient (Wildman–Crippen LogP) is 3.71. The fourth-order valence-electron chi connectivity index (χ4n) is 2.49. The van der Waals surface area contributed by atoms with E-state index in [-0.39, 0.29) is 0 Å². The van der Waals surface area contributed by atoms with Crippen LogP contribution in [-0.2, 0) is 0 Å². The van der Waals surface area contributed by atoms with Crippen molar-refractivity contribution >= 4 is 23.1 Å². The molecule has 2 nitrogen and oxygen atoms in total. The predicted molar refractivity (Wildman–Crippen MR) is 77.0 cm³/mol. The lowest BCUT2D eigenvalue weighted by atomic mass is 9.75. The molecule has 1 saturated carbocycles. The van der Waals surface area contributed by atoms with Crippen molar-refractivity contribution in [1.82, 2.24) is 10.3 Å². The van der Waals surface area contributed by atoms with Crippen LogP contribution in [0.4, 0.5) is 0 Å². The molecule has 2 atom stereocenters. The molecule has 1 aliphatic rings. The van der Waals surface area contributed by atoms with Crippen molar-refractivity contribution in [2.24, 2.45) is 5.41 Å². The topological polar surface area (TPSA) is 24.9 Å². The second kappa shape index (κ2) is 5.29. The molecule has 0 aliphatic heterocycles. The van der Waals surface area contributed by atoms with Crippen LogP contribution in [0.2, 0.25) is 0 Å². The summed E-state index contributed by atoms with van der Waals surface area (Å²) in [6, 6.07) is 0.636. The van der Waals surface area contributed by atoms with E-state index in [1.165, 1.54) is 23.6 Å². The van der Waals surface area contributed by atoms with Crippen LogP contribution in [0.3, 0.4) is 0 Å². The number of nitrogens with one attached hydrogen (secondary N) is 1. The molecule has 1 aromatic heterocycles. The highest BCUT2D eigenvalue weighted by molar-refractivity contribution is 8.01. The number of thioether (sulfide) groups is 1. The van der Waals surface area contributed by atoms with E-state index >= 15 is 0 Å². The Hall–Kier alpha value is -0.0600. The molecule has 0 radical (unpaired) electrons. The molecule has 4 heteroatoms. The van der Waals surface area contributed by atoms with Gasteiger partial charge in [-0.05, 0) is 38.6 Å². The SMILES string of the molecule is CNC1CCC(C)(C)CC1Sc1nc(C)cs1. The van der Waals surface area contributed by atoms with E-state index in [4.69, 9.17) is 0 Å². The summed E-state index contributed by atoms with van der Waals surface area (Å²) in [6.07, 6.45) is 3.89. The molecule has 2 unspecified atom stereocenters. The van der Waals surface area contributed by atoms with Crippen LogP contribution in [0.25, 0.3) is 0 Å². The monoisotopic (exact) mass is 270 g/mol. The Morgan fingerprint density at radius 1 is 1.53 bits per heavy atom. The molecule has 0 amide bonds. The van der Waals surface area contributed by atoms with Gasteiger partial charge in [-0.15, -0.1) is 11.3 Å². The molecule has 1 heterocycles. The van der Waals surface area contributed by atoms with E-state index < -0.39 is 0 Å². The van der Waals surface area contributed by atoms with Crippen molar-refractivity contribution in [3.8, 4) is 0 Å². The minimum atomic E-state index is 0.483. The zero-order valence-corrected chi connectivity index (χ0v) is 12.8. The number of aryl methyl sites for hydroxylation is 1. The zero-order chi connectivity index (χ0) is 12.5. The lowest BCUT2D eigenvalue weighted by Gasteiger charge is -2.40. The third-order valence-electron chi connectivity index (χ3n) is 3.56. The Kier molecular flexibility index (Phi) is 4.16. The maximum Gasteiger partial charge on any atom is 0.150 e. The van der Waals surface area contributed by atoms with E-state index in [2.05, 4.69) is 43.5 Å². The Bertz CT molecular complexity index is 373. The van der Waals surface area contributed by atoms with Gasteiger partial charge >= 0.3 is 0 Å². The van der Waals surface area contributed by atoms with E-state index in [9.17, 15) is 0 Å². The fourth-order valence-corrected chi connectivity index (χ4v) is 5.18. The summed E-state index contributed by atoms with van der Waals surface area (Å²) in [5, 5.41) is 6.28. The van der Waals surface area contributed by atoms with E-state index in [1.807, 2.05) is 11.8 Å². The van der Waals surface area contributed by atoms with E-state index in [0.29, 0.717) is 16.7 Å². The highest BCUT2D eigenvalue weighted by Crippen LogP contribution is 2.43. The average molecular weight is 270 g/mol. The third-order valence-corrected chi connectivity index (χ3v) is 5.98. The Morgan fingerprint density at radius 2 is 2.29 bits per heavy atom. The van der Waals surface area contributed by atoms with Crippen molar-refractivity contribution in [3.63, 3.8) is 0 Å². The van der Waals surface area contributed by atoms with Crippen LogP contribution in [0.1, 0.15) is 38.8 Å². The van der Waals surface area contributed by atoms with Crippen LogP contribution < -0.4 is 5.32 Å². The van der Waals surface area contributed by atoms with Gasteiger partial charge in [-0.2, -0.15) is 0 Å². The van der Waals surface area contributed by atoms with Crippen LogP contribution in [0, 0.1) is 12.3 Å². The molecule has 0 bridgehead atoms. The van der Waals surface area contributed by atoms with E-state index in [0.717, 1.165) is 5.69 Å². The van der Waals surface area contributed by atoms with Crippen LogP contribution in [0.5, 0.6) is 0 Å². The maximum atomic E-state index is 4.57. The normalized spacial score (nSPS) is 28.2. The Labute approximate surface area is 113 Å². The second-order valence-corrected chi connectivity index (χ2v) is 8.06. The smallest absolute Gasteiger partial charge is 0.150 e. The van der Waals surface area contributed by atoms with E-state index in [1.54, 1.807) is 11.3 Å². The lowest BCUT2D eigenvalue weighted by Crippen LogP contribution is -2.43. The molecule has 2 rings (SSSR count). The van der Waals surface area contributed by atoms with Gasteiger partial charge < -0.3 is 5.32 Å². The number of aromatic nitrogens is 1. The van der Waals surface area contributed by atoms with Gasteiger partial charge in [0.05, 0.1) is 0 Å². The summed E-state index contributed by atoms with van der Waals surface area (Å²) in [7, 11) is 2.09. The molecule has 1 fully saturated rings. The summed E-state index contributed by atoms with van der Waals surface area (Å²) in [6.45, 7) is 6.85. The van der Waals surface area contributed by atoms with Gasteiger partial charge in [0.1, 0.15) is 4.34 Å². The number of thiazole rings is 1. The van der Waals surface area contributed by atoms with Crippen molar-refractivity contribution < 1.29 is 0 Å². The zero-order valence-electron chi connectivity index (χ0n) is 11.1. The van der Waals surface area contributed by atoms with Gasteiger partial charge in [-0.1, -0.05) is 25.6 Å². The summed E-state index contributed by atoms with van der Waals surface area (Å²) < 4.78 is 1.23. The number of rotatable bonds is 3. The first-order chi connectivity index (χ1) is 8.00. The standard InChI is InChI=1S/C13H22N2S2/c1-9-8-16-12(15-9)17-11-7-13(2,3)6-5-10(11)14-4/h8,10-11,14H,5-7H2,1-4H3. The van der Waals surface area contributed by atoms with Crippen molar-refractivity contribution in [2.45, 2.75) is 55.7 Å². The summed E-state index contributed by atoms with van der Waals surface area (Å²) in [5.74, 6) is 0. The molecular formula is C13H22N2S2. The minimum Gasteiger partial charge on any atom is -0.316 e. The largest absolute Gasteiger partial charge is 0.316 e. The summed E-state index contributed by atoms with van der Waals surface area (Å²) in [4.78, 5) is 4.57. The first-order valence-electron chi connectivity index (χ1n) is 6.26. The second-order valence-electron chi connectivity index (χ2n) is 5.71. The first-order valence-corrected chi connectivity index (χ1v) is 8.02. The maximum absolute atomic E-state index is 4.57. The molecule has 1 N–H and O–H groups in total. The summed E-state index contributed by atoms with van der Waals surface area (Å²) in [5.41, 5.74) is 1.63. The molecule has 0 saturated heterocycles. The number of nitrogens with zero attached hydrogens (tertiary/aromatic N) is 1. The lowest BCUT2D eigenvalue weighted by molar-refractivity contribution is 0.218. The van der Waals surface area contributed by atoms with Gasteiger partial charge in [0.25, 0.3) is 0 Å². The van der Waals surface area contributed by atoms with Crippen molar-refractivity contribution in [3.05, 3.63) is 11.1 Å². The Balaban J connectivity index is 2.05. The van der Waals surface area contributed by atoms with Crippen LogP contribution >= 0.6 is 23.1 Å². The Morgan fingerprint density at radius 3 is 2.88 bits per heavy atom.